The first-order chi connectivity index (χ1) is 14.9. The molecular weight excluding hydrogens is 394 g/mol. The normalized spacial score (nSPS) is 16.1. The van der Waals surface area contributed by atoms with E-state index in [1.807, 2.05) is 43.3 Å². The summed E-state index contributed by atoms with van der Waals surface area (Å²) in [5.74, 6) is 0.791. The molecule has 2 amide bonds. The number of ether oxygens (including phenoxy) is 2. The standard InChI is InChI=1S/C24H29N3O4/c1-6-14-27-22(25-19-11-9-8-10-18(19)24(27)29)17-12-13-20(21(15-17)30-7-2)31-16(3)23(28)26(4)5/h6,8-13,15-16,22,25H,1,7,14H2,2-5H3/t16-,22+/m1/s1. The Morgan fingerprint density at radius 1 is 1.26 bits per heavy atom. The maximum absolute atomic E-state index is 13.1. The molecule has 2 aromatic carbocycles. The van der Waals surface area contributed by atoms with E-state index in [4.69, 9.17) is 9.47 Å². The second-order valence-corrected chi connectivity index (χ2v) is 7.47. The molecule has 0 saturated heterocycles. The van der Waals surface area contributed by atoms with Crippen molar-refractivity contribution in [2.75, 3.05) is 32.6 Å². The first-order valence-electron chi connectivity index (χ1n) is 10.3. The summed E-state index contributed by atoms with van der Waals surface area (Å²) in [5, 5.41) is 3.44. The predicted octanol–water partition coefficient (Wildman–Crippen LogP) is 3.69. The van der Waals surface area contributed by atoms with E-state index < -0.39 is 12.3 Å². The van der Waals surface area contributed by atoms with Crippen LogP contribution in [0.2, 0.25) is 0 Å². The van der Waals surface area contributed by atoms with Crippen molar-refractivity contribution in [3.63, 3.8) is 0 Å². The largest absolute Gasteiger partial charge is 0.490 e. The number of nitrogens with one attached hydrogen (secondary N) is 1. The average molecular weight is 424 g/mol. The fourth-order valence-corrected chi connectivity index (χ4v) is 3.55. The van der Waals surface area contributed by atoms with Gasteiger partial charge in [0.15, 0.2) is 17.6 Å². The molecule has 0 bridgehead atoms. The van der Waals surface area contributed by atoms with Crippen LogP contribution in [0.25, 0.3) is 0 Å². The molecule has 0 radical (unpaired) electrons. The molecule has 164 valence electrons. The number of anilines is 1. The molecule has 1 N–H and O–H groups in total. The highest BCUT2D eigenvalue weighted by Crippen LogP contribution is 2.37. The summed E-state index contributed by atoms with van der Waals surface area (Å²) in [5.41, 5.74) is 2.25. The van der Waals surface area contributed by atoms with Crippen molar-refractivity contribution in [1.82, 2.24) is 9.80 Å². The lowest BCUT2D eigenvalue weighted by Gasteiger charge is -2.37. The lowest BCUT2D eigenvalue weighted by atomic mass is 10.0. The molecule has 7 heteroatoms. The van der Waals surface area contributed by atoms with E-state index in [2.05, 4.69) is 11.9 Å². The van der Waals surface area contributed by atoms with E-state index in [1.54, 1.807) is 38.1 Å². The third-order valence-corrected chi connectivity index (χ3v) is 5.02. The van der Waals surface area contributed by atoms with Gasteiger partial charge in [0.25, 0.3) is 11.8 Å². The van der Waals surface area contributed by atoms with Gasteiger partial charge in [0.2, 0.25) is 0 Å². The molecule has 7 nitrogen and oxygen atoms in total. The first-order valence-corrected chi connectivity index (χ1v) is 10.3. The Bertz CT molecular complexity index is 973. The van der Waals surface area contributed by atoms with Crippen LogP contribution in [-0.4, -0.2) is 55.0 Å². The van der Waals surface area contributed by atoms with Gasteiger partial charge in [0.05, 0.1) is 12.2 Å². The van der Waals surface area contributed by atoms with Gasteiger partial charge in [-0.3, -0.25) is 9.59 Å². The second-order valence-electron chi connectivity index (χ2n) is 7.47. The quantitative estimate of drug-likeness (QED) is 0.656. The number of fused-ring (bicyclic) bond motifs is 1. The van der Waals surface area contributed by atoms with Gasteiger partial charge in [-0.2, -0.15) is 0 Å². The number of carbonyl (C=O) groups is 2. The Hall–Kier alpha value is -3.48. The summed E-state index contributed by atoms with van der Waals surface area (Å²) in [7, 11) is 3.37. The predicted molar refractivity (Wildman–Crippen MR) is 120 cm³/mol. The Kier molecular flexibility index (Phi) is 6.84. The molecule has 3 rings (SSSR count). The van der Waals surface area contributed by atoms with Gasteiger partial charge in [-0.05, 0) is 43.7 Å². The van der Waals surface area contributed by atoms with Gasteiger partial charge in [-0.25, -0.2) is 0 Å². The molecule has 1 aliphatic heterocycles. The van der Waals surface area contributed by atoms with Crippen molar-refractivity contribution in [2.24, 2.45) is 0 Å². The highest BCUT2D eigenvalue weighted by Gasteiger charge is 2.32. The van der Waals surface area contributed by atoms with Crippen molar-refractivity contribution in [1.29, 1.82) is 0 Å². The van der Waals surface area contributed by atoms with Crippen LogP contribution in [0.4, 0.5) is 5.69 Å². The Balaban J connectivity index is 1.96. The van der Waals surface area contributed by atoms with Crippen LogP contribution in [0.5, 0.6) is 11.5 Å². The minimum Gasteiger partial charge on any atom is -0.490 e. The number of amides is 2. The van der Waals surface area contributed by atoms with Gasteiger partial charge in [-0.1, -0.05) is 24.3 Å². The zero-order chi connectivity index (χ0) is 22.5. The van der Waals surface area contributed by atoms with E-state index in [9.17, 15) is 9.59 Å². The van der Waals surface area contributed by atoms with Crippen LogP contribution in [0.15, 0.2) is 55.1 Å². The van der Waals surface area contributed by atoms with E-state index >= 15 is 0 Å². The first kappa shape index (κ1) is 22.2. The SMILES string of the molecule is C=CCN1C(=O)c2ccccc2N[C@@H]1c1ccc(O[C@H](C)C(=O)N(C)C)c(OCC)c1. The molecule has 0 saturated carbocycles. The Labute approximate surface area is 183 Å². The minimum absolute atomic E-state index is 0.0669. The van der Waals surface area contributed by atoms with Gasteiger partial charge >= 0.3 is 0 Å². The van der Waals surface area contributed by atoms with Crippen molar-refractivity contribution >= 4 is 17.5 Å². The third-order valence-electron chi connectivity index (χ3n) is 5.02. The fraction of sp³-hybridized carbons (Fsp3) is 0.333. The lowest BCUT2D eigenvalue weighted by molar-refractivity contribution is -0.135. The average Bonchev–Trinajstić information content (AvgIpc) is 2.76. The Morgan fingerprint density at radius 3 is 2.68 bits per heavy atom. The summed E-state index contributed by atoms with van der Waals surface area (Å²) in [6.07, 6.45) is 0.656. The molecule has 31 heavy (non-hydrogen) atoms. The highest BCUT2D eigenvalue weighted by molar-refractivity contribution is 6.01. The fourth-order valence-electron chi connectivity index (χ4n) is 3.55. The lowest BCUT2D eigenvalue weighted by Crippen LogP contribution is -2.43. The van der Waals surface area contributed by atoms with Crippen LogP contribution in [0.1, 0.15) is 35.9 Å². The highest BCUT2D eigenvalue weighted by atomic mass is 16.5. The summed E-state index contributed by atoms with van der Waals surface area (Å²) >= 11 is 0. The molecular formula is C24H29N3O4. The number of hydrogen-bond donors (Lipinski definition) is 1. The number of para-hydroxylation sites is 1. The van der Waals surface area contributed by atoms with Gasteiger partial charge in [0.1, 0.15) is 6.17 Å². The molecule has 0 aromatic heterocycles. The number of carbonyl (C=O) groups excluding carboxylic acids is 2. The molecule has 2 aromatic rings. The van der Waals surface area contributed by atoms with Crippen LogP contribution in [-0.2, 0) is 4.79 Å². The number of rotatable bonds is 8. The van der Waals surface area contributed by atoms with Crippen LogP contribution < -0.4 is 14.8 Å². The number of hydrogen-bond acceptors (Lipinski definition) is 5. The van der Waals surface area contributed by atoms with Crippen LogP contribution in [0.3, 0.4) is 0 Å². The molecule has 1 heterocycles. The van der Waals surface area contributed by atoms with Crippen molar-refractivity contribution < 1.29 is 19.1 Å². The monoisotopic (exact) mass is 423 g/mol. The van der Waals surface area contributed by atoms with Crippen molar-refractivity contribution in [3.05, 3.63) is 66.2 Å². The molecule has 0 spiro atoms. The number of nitrogens with zero attached hydrogens (tertiary/aromatic N) is 2. The Morgan fingerprint density at radius 2 is 2.00 bits per heavy atom. The maximum atomic E-state index is 13.1. The molecule has 0 fully saturated rings. The van der Waals surface area contributed by atoms with E-state index in [-0.39, 0.29) is 11.8 Å². The van der Waals surface area contributed by atoms with Crippen LogP contribution in [0, 0.1) is 0 Å². The zero-order valence-electron chi connectivity index (χ0n) is 18.4. The van der Waals surface area contributed by atoms with Crippen molar-refractivity contribution in [3.8, 4) is 11.5 Å². The summed E-state index contributed by atoms with van der Waals surface area (Å²) in [6, 6.07) is 12.9. The molecule has 2 atom stereocenters. The van der Waals surface area contributed by atoms with Gasteiger partial charge < -0.3 is 24.6 Å². The van der Waals surface area contributed by atoms with Crippen molar-refractivity contribution in [2.45, 2.75) is 26.1 Å². The summed E-state index contributed by atoms with van der Waals surface area (Å²) in [6.45, 7) is 8.21. The number of likely N-dealkylation sites (N-methyl/N-ethyl adjacent to an activating group) is 1. The second kappa shape index (κ2) is 9.55. The summed E-state index contributed by atoms with van der Waals surface area (Å²) in [4.78, 5) is 28.5. The van der Waals surface area contributed by atoms with Gasteiger partial charge in [-0.15, -0.1) is 6.58 Å². The van der Waals surface area contributed by atoms with Crippen LogP contribution >= 0.6 is 0 Å². The minimum atomic E-state index is -0.654. The van der Waals surface area contributed by atoms with Gasteiger partial charge in [0, 0.05) is 26.3 Å². The maximum Gasteiger partial charge on any atom is 0.262 e. The molecule has 0 aliphatic carbocycles. The number of benzene rings is 2. The molecule has 0 unspecified atom stereocenters. The van der Waals surface area contributed by atoms with E-state index in [1.165, 1.54) is 4.90 Å². The van der Waals surface area contributed by atoms with E-state index in [0.717, 1.165) is 11.3 Å². The topological polar surface area (TPSA) is 71.1 Å². The molecule has 1 aliphatic rings. The third kappa shape index (κ3) is 4.66. The summed E-state index contributed by atoms with van der Waals surface area (Å²) < 4.78 is 11.7. The zero-order valence-corrected chi connectivity index (χ0v) is 18.4. The van der Waals surface area contributed by atoms with E-state index in [0.29, 0.717) is 30.2 Å². The smallest absolute Gasteiger partial charge is 0.262 e.